The number of hydrogen-bond donors (Lipinski definition) is 0. The molecule has 1 aliphatic rings. The van der Waals surface area contributed by atoms with E-state index in [4.69, 9.17) is 0 Å². The maximum absolute atomic E-state index is 11.2. The molecule has 0 heterocycles. The first kappa shape index (κ1) is 5.59. The van der Waals surface area contributed by atoms with Gasteiger partial charge >= 0.3 is 6.18 Å². The van der Waals surface area contributed by atoms with Crippen LogP contribution in [0, 0.1) is 12.3 Å². The minimum absolute atomic E-state index is 0.653. The van der Waals surface area contributed by atoms with Gasteiger partial charge in [0.25, 0.3) is 0 Å². The monoisotopic (exact) mass is 123 g/mol. The Kier molecular flexibility index (Phi) is 0.867. The van der Waals surface area contributed by atoms with Crippen LogP contribution in [-0.4, -0.2) is 12.0 Å². The van der Waals surface area contributed by atoms with E-state index < -0.39 is 17.9 Å². The van der Waals surface area contributed by atoms with Crippen LogP contribution in [0.2, 0.25) is 0 Å². The third-order valence-corrected chi connectivity index (χ3v) is 0.881. The van der Waals surface area contributed by atoms with Crippen molar-refractivity contribution in [3.63, 3.8) is 0 Å². The van der Waals surface area contributed by atoms with Crippen molar-refractivity contribution in [2.75, 3.05) is 0 Å². The van der Waals surface area contributed by atoms with Crippen molar-refractivity contribution in [2.45, 2.75) is 6.18 Å². The molecule has 0 aromatic rings. The Balaban J connectivity index is 2.51. The molecule has 1 unspecified atom stereocenters. The fourth-order valence-corrected chi connectivity index (χ4v) is 0.372. The molecule has 0 aliphatic heterocycles. The highest BCUT2D eigenvalue weighted by Crippen LogP contribution is 2.39. The molecule has 0 aromatic heterocycles. The minimum Gasteiger partial charge on any atom is -0.299 e. The Morgan fingerprint density at radius 2 is 1.88 bits per heavy atom. The van der Waals surface area contributed by atoms with Gasteiger partial charge in [0.05, 0.1) is 0 Å². The van der Waals surface area contributed by atoms with E-state index in [1.165, 1.54) is 0 Å². The van der Waals surface area contributed by atoms with Gasteiger partial charge in [-0.2, -0.15) is 13.2 Å². The molecule has 0 N–H and O–H groups in total. The highest BCUT2D eigenvalue weighted by atomic mass is 19.4. The maximum atomic E-state index is 11.2. The number of carbonyl (C=O) groups excluding carboxylic acids is 1. The summed E-state index contributed by atoms with van der Waals surface area (Å²) in [5, 5.41) is 0. The lowest BCUT2D eigenvalue weighted by Crippen LogP contribution is -2.11. The first-order chi connectivity index (χ1) is 3.52. The molecule has 8 heavy (non-hydrogen) atoms. The average Bonchev–Trinajstić information content (AvgIpc) is 2.13. The van der Waals surface area contributed by atoms with Crippen molar-refractivity contribution in [3.8, 4) is 0 Å². The zero-order valence-corrected chi connectivity index (χ0v) is 3.70. The number of carbonyl (C=O) groups is 1. The van der Waals surface area contributed by atoms with Crippen LogP contribution in [0.1, 0.15) is 0 Å². The number of hydrogen-bond acceptors (Lipinski definition) is 1. The number of rotatable bonds is 0. The second kappa shape index (κ2) is 1.24. The van der Waals surface area contributed by atoms with Crippen LogP contribution in [0.3, 0.4) is 0 Å². The minimum atomic E-state index is -4.32. The van der Waals surface area contributed by atoms with Crippen molar-refractivity contribution in [2.24, 2.45) is 5.92 Å². The molecule has 1 nitrogen and oxygen atoms in total. The smallest absolute Gasteiger partial charge is 0.299 e. The van der Waals surface area contributed by atoms with E-state index in [1.54, 1.807) is 0 Å². The molecule has 1 radical (unpaired) electrons. The molecule has 0 saturated heterocycles. The molecule has 45 valence electrons. The predicted molar refractivity (Wildman–Crippen MR) is 18.9 cm³/mol. The summed E-state index contributed by atoms with van der Waals surface area (Å²) < 4.78 is 33.7. The Morgan fingerprint density at radius 1 is 1.50 bits per heavy atom. The summed E-state index contributed by atoms with van der Waals surface area (Å²) >= 11 is 0. The Hall–Kier alpha value is -0.540. The standard InChI is InChI=1S/C4H2F3O/c5-4(6,7)2-1-3(2)8/h1-2H. The van der Waals surface area contributed by atoms with Crippen molar-refractivity contribution in [1.82, 2.24) is 0 Å². The topological polar surface area (TPSA) is 17.1 Å². The molecular weight excluding hydrogens is 121 g/mol. The third kappa shape index (κ3) is 0.827. The van der Waals surface area contributed by atoms with Crippen LogP contribution in [0.15, 0.2) is 0 Å². The van der Waals surface area contributed by atoms with Crippen LogP contribution in [-0.2, 0) is 4.79 Å². The summed E-state index contributed by atoms with van der Waals surface area (Å²) in [6.45, 7) is 0. The van der Waals surface area contributed by atoms with E-state index >= 15 is 0 Å². The zero-order valence-electron chi connectivity index (χ0n) is 3.70. The van der Waals surface area contributed by atoms with Crippen molar-refractivity contribution in [1.29, 1.82) is 0 Å². The SMILES string of the molecule is O=C1[CH]C1C(F)(F)F. The molecule has 0 aromatic carbocycles. The third-order valence-electron chi connectivity index (χ3n) is 0.881. The van der Waals surface area contributed by atoms with Gasteiger partial charge < -0.3 is 0 Å². The van der Waals surface area contributed by atoms with E-state index in [0.29, 0.717) is 6.42 Å². The van der Waals surface area contributed by atoms with E-state index in [2.05, 4.69) is 0 Å². The van der Waals surface area contributed by atoms with E-state index in [9.17, 15) is 18.0 Å². The van der Waals surface area contributed by atoms with Gasteiger partial charge in [0, 0.05) is 6.42 Å². The van der Waals surface area contributed by atoms with Gasteiger partial charge in [-0.3, -0.25) is 4.79 Å². The molecule has 0 bridgehead atoms. The van der Waals surface area contributed by atoms with Gasteiger partial charge in [0.1, 0.15) is 5.92 Å². The molecule has 0 spiro atoms. The van der Waals surface area contributed by atoms with Crippen LogP contribution >= 0.6 is 0 Å². The lowest BCUT2D eigenvalue weighted by Gasteiger charge is -1.97. The van der Waals surface area contributed by atoms with Gasteiger partial charge in [0.2, 0.25) is 0 Å². The highest BCUT2D eigenvalue weighted by molar-refractivity contribution is 6.07. The van der Waals surface area contributed by atoms with Crippen LogP contribution in [0.25, 0.3) is 0 Å². The van der Waals surface area contributed by atoms with E-state index in [1.807, 2.05) is 0 Å². The van der Waals surface area contributed by atoms with Crippen molar-refractivity contribution >= 4 is 5.78 Å². The van der Waals surface area contributed by atoms with E-state index in [0.717, 1.165) is 0 Å². The predicted octanol–water partition coefficient (Wildman–Crippen LogP) is 0.952. The molecule has 1 aliphatic carbocycles. The van der Waals surface area contributed by atoms with Crippen LogP contribution < -0.4 is 0 Å². The summed E-state index contributed by atoms with van der Waals surface area (Å²) in [6.07, 6.45) is -3.67. The molecular formula is C4H2F3O. The molecule has 1 atom stereocenters. The molecule has 4 heteroatoms. The van der Waals surface area contributed by atoms with Crippen molar-refractivity contribution in [3.05, 3.63) is 6.42 Å². The number of alkyl halides is 3. The van der Waals surface area contributed by atoms with Crippen molar-refractivity contribution < 1.29 is 18.0 Å². The second-order valence-corrected chi connectivity index (χ2v) is 1.59. The maximum Gasteiger partial charge on any atom is 0.399 e. The summed E-state index contributed by atoms with van der Waals surface area (Å²) in [5.74, 6) is -2.56. The Labute approximate surface area is 43.5 Å². The van der Waals surface area contributed by atoms with Gasteiger partial charge in [-0.1, -0.05) is 0 Å². The first-order valence-electron chi connectivity index (χ1n) is 1.97. The highest BCUT2D eigenvalue weighted by Gasteiger charge is 2.55. The lowest BCUT2D eigenvalue weighted by atomic mass is 10.4. The van der Waals surface area contributed by atoms with Crippen LogP contribution in [0.5, 0.6) is 0 Å². The fourth-order valence-electron chi connectivity index (χ4n) is 0.372. The number of Topliss-reactive ketones (excluding diaryl/α,β-unsaturated/α-hetero) is 1. The zero-order chi connectivity index (χ0) is 6.36. The molecule has 1 rings (SSSR count). The van der Waals surface area contributed by atoms with Gasteiger partial charge in [0.15, 0.2) is 5.78 Å². The molecule has 1 fully saturated rings. The van der Waals surface area contributed by atoms with Gasteiger partial charge in [-0.15, -0.1) is 0 Å². The summed E-state index contributed by atoms with van der Waals surface area (Å²) in [7, 11) is 0. The quantitative estimate of drug-likeness (QED) is 0.468. The second-order valence-electron chi connectivity index (χ2n) is 1.59. The van der Waals surface area contributed by atoms with Crippen LogP contribution in [0.4, 0.5) is 13.2 Å². The lowest BCUT2D eigenvalue weighted by molar-refractivity contribution is -0.151. The number of halogens is 3. The molecule has 0 amide bonds. The largest absolute Gasteiger partial charge is 0.399 e. The summed E-state index contributed by atoms with van der Waals surface area (Å²) in [5.41, 5.74) is 0. The normalized spacial score (nSPS) is 28.4. The summed E-state index contributed by atoms with van der Waals surface area (Å²) in [6, 6.07) is 0. The number of ketones is 1. The Bertz CT molecular complexity index is 126. The Morgan fingerprint density at radius 3 is 1.88 bits per heavy atom. The molecule has 1 saturated carbocycles. The first-order valence-corrected chi connectivity index (χ1v) is 1.97. The van der Waals surface area contributed by atoms with E-state index in [-0.39, 0.29) is 0 Å². The summed E-state index contributed by atoms with van der Waals surface area (Å²) in [4.78, 5) is 9.76. The fraction of sp³-hybridized carbons (Fsp3) is 0.500. The average molecular weight is 123 g/mol. The van der Waals surface area contributed by atoms with Gasteiger partial charge in [-0.05, 0) is 0 Å². The van der Waals surface area contributed by atoms with Gasteiger partial charge in [-0.25, -0.2) is 0 Å².